The molecular formula is C22H21N3O4S. The van der Waals surface area contributed by atoms with Gasteiger partial charge in [0.15, 0.2) is 5.11 Å². The molecule has 0 aliphatic carbocycles. The summed E-state index contributed by atoms with van der Waals surface area (Å²) in [4.78, 5) is 12.3. The Morgan fingerprint density at radius 3 is 2.67 bits per heavy atom. The first-order valence-corrected chi connectivity index (χ1v) is 9.94. The topological polar surface area (TPSA) is 87.9 Å². The van der Waals surface area contributed by atoms with Crippen LogP contribution in [0.5, 0.6) is 5.75 Å². The van der Waals surface area contributed by atoms with Crippen LogP contribution >= 0.6 is 12.2 Å². The number of non-ortho nitro benzene ring substituents is 1. The molecule has 0 saturated carbocycles. The molecule has 3 aromatic carbocycles. The zero-order chi connectivity index (χ0) is 21.3. The van der Waals surface area contributed by atoms with E-state index in [4.69, 9.17) is 17.0 Å². The standard InChI is InChI=1S/C22H21N3O4S/c1-24(22(30)23-16-7-9-17(10-8-16)25(27)28)21-15(12-26)13-29-19-11-6-14-4-2-3-5-18(14)20(19)21/h2-11,15,21,26H,12-13H2,1H3,(H,23,30). The van der Waals surface area contributed by atoms with Crippen molar-refractivity contribution in [2.24, 2.45) is 5.92 Å². The Labute approximate surface area is 179 Å². The van der Waals surface area contributed by atoms with E-state index >= 15 is 0 Å². The highest BCUT2D eigenvalue weighted by molar-refractivity contribution is 7.80. The van der Waals surface area contributed by atoms with Gasteiger partial charge in [-0.05, 0) is 41.2 Å². The van der Waals surface area contributed by atoms with Gasteiger partial charge in [-0.3, -0.25) is 10.1 Å². The summed E-state index contributed by atoms with van der Waals surface area (Å²) >= 11 is 5.64. The van der Waals surface area contributed by atoms with Gasteiger partial charge in [-0.2, -0.15) is 0 Å². The van der Waals surface area contributed by atoms with Crippen LogP contribution in [-0.2, 0) is 0 Å². The molecule has 1 aliphatic rings. The molecule has 0 amide bonds. The molecule has 0 saturated heterocycles. The van der Waals surface area contributed by atoms with E-state index in [1.165, 1.54) is 12.1 Å². The monoisotopic (exact) mass is 423 g/mol. The van der Waals surface area contributed by atoms with Gasteiger partial charge in [-0.1, -0.05) is 30.3 Å². The zero-order valence-corrected chi connectivity index (χ0v) is 17.1. The molecule has 154 valence electrons. The molecule has 2 unspecified atom stereocenters. The van der Waals surface area contributed by atoms with Gasteiger partial charge in [0.1, 0.15) is 5.75 Å². The summed E-state index contributed by atoms with van der Waals surface area (Å²) in [5.74, 6) is 0.623. The Morgan fingerprint density at radius 1 is 1.23 bits per heavy atom. The number of benzene rings is 3. The number of hydrogen-bond acceptors (Lipinski definition) is 5. The van der Waals surface area contributed by atoms with Gasteiger partial charge in [-0.15, -0.1) is 0 Å². The highest BCUT2D eigenvalue weighted by Gasteiger charge is 2.36. The number of nitrogens with zero attached hydrogens (tertiary/aromatic N) is 2. The molecule has 0 aromatic heterocycles. The third-order valence-corrected chi connectivity index (χ3v) is 5.82. The average molecular weight is 423 g/mol. The van der Waals surface area contributed by atoms with Crippen LogP contribution in [0.15, 0.2) is 60.7 Å². The maximum atomic E-state index is 10.9. The molecule has 3 aromatic rings. The summed E-state index contributed by atoms with van der Waals surface area (Å²) in [6, 6.07) is 18.0. The van der Waals surface area contributed by atoms with Crippen LogP contribution in [0.2, 0.25) is 0 Å². The molecule has 0 spiro atoms. The number of rotatable bonds is 4. The van der Waals surface area contributed by atoms with E-state index in [9.17, 15) is 15.2 Å². The molecular weight excluding hydrogens is 402 g/mol. The number of ether oxygens (including phenoxy) is 1. The van der Waals surface area contributed by atoms with Gasteiger partial charge < -0.3 is 20.1 Å². The normalized spacial score (nSPS) is 17.7. The minimum Gasteiger partial charge on any atom is -0.493 e. The summed E-state index contributed by atoms with van der Waals surface area (Å²) in [6.07, 6.45) is 0. The smallest absolute Gasteiger partial charge is 0.269 e. The predicted molar refractivity (Wildman–Crippen MR) is 120 cm³/mol. The van der Waals surface area contributed by atoms with Crippen LogP contribution in [0.1, 0.15) is 11.6 Å². The number of anilines is 1. The molecule has 8 heteroatoms. The maximum absolute atomic E-state index is 10.9. The molecule has 0 radical (unpaired) electrons. The molecule has 1 heterocycles. The minimum absolute atomic E-state index is 0.0185. The maximum Gasteiger partial charge on any atom is 0.269 e. The summed E-state index contributed by atoms with van der Waals surface area (Å²) in [6.45, 7) is 0.342. The van der Waals surface area contributed by atoms with Crippen LogP contribution in [0, 0.1) is 16.0 Å². The molecule has 2 N–H and O–H groups in total. The van der Waals surface area contributed by atoms with Crippen LogP contribution in [0.25, 0.3) is 10.8 Å². The first-order chi connectivity index (χ1) is 14.5. The second-order valence-electron chi connectivity index (χ2n) is 7.24. The first kappa shape index (κ1) is 20.1. The number of nitro groups is 1. The zero-order valence-electron chi connectivity index (χ0n) is 16.3. The fourth-order valence-electron chi connectivity index (χ4n) is 3.90. The minimum atomic E-state index is -0.440. The first-order valence-electron chi connectivity index (χ1n) is 9.53. The van der Waals surface area contributed by atoms with Gasteiger partial charge >= 0.3 is 0 Å². The Hall–Kier alpha value is -3.23. The highest BCUT2D eigenvalue weighted by Crippen LogP contribution is 2.43. The van der Waals surface area contributed by atoms with Crippen molar-refractivity contribution in [2.45, 2.75) is 6.04 Å². The SMILES string of the molecule is CN(C(=S)Nc1ccc([N+](=O)[O-])cc1)C1c2c(ccc3ccccc23)OCC1CO. The van der Waals surface area contributed by atoms with Crippen molar-refractivity contribution < 1.29 is 14.8 Å². The highest BCUT2D eigenvalue weighted by atomic mass is 32.1. The number of nitro benzene ring substituents is 1. The fraction of sp³-hybridized carbons (Fsp3) is 0.227. The third-order valence-electron chi connectivity index (χ3n) is 5.43. The number of nitrogens with one attached hydrogen (secondary N) is 1. The Balaban J connectivity index is 1.67. The molecule has 7 nitrogen and oxygen atoms in total. The summed E-state index contributed by atoms with van der Waals surface area (Å²) in [5, 5.41) is 26.6. The van der Waals surface area contributed by atoms with Gasteiger partial charge in [0, 0.05) is 36.3 Å². The molecule has 2 atom stereocenters. The van der Waals surface area contributed by atoms with Crippen LogP contribution in [0.3, 0.4) is 0 Å². The van der Waals surface area contributed by atoms with Crippen LogP contribution in [-0.4, -0.2) is 40.3 Å². The lowest BCUT2D eigenvalue weighted by Crippen LogP contribution is -2.43. The van der Waals surface area contributed by atoms with Crippen molar-refractivity contribution in [2.75, 3.05) is 25.6 Å². The van der Waals surface area contributed by atoms with Crippen molar-refractivity contribution in [1.82, 2.24) is 4.90 Å². The van der Waals surface area contributed by atoms with Gasteiger partial charge in [-0.25, -0.2) is 0 Å². The van der Waals surface area contributed by atoms with E-state index < -0.39 is 4.92 Å². The van der Waals surface area contributed by atoms with E-state index in [1.54, 1.807) is 12.1 Å². The number of fused-ring (bicyclic) bond motifs is 3. The van der Waals surface area contributed by atoms with Crippen molar-refractivity contribution in [3.63, 3.8) is 0 Å². The van der Waals surface area contributed by atoms with Gasteiger partial charge in [0.05, 0.1) is 24.2 Å². The molecule has 0 bridgehead atoms. The molecule has 4 rings (SSSR count). The van der Waals surface area contributed by atoms with E-state index in [0.29, 0.717) is 17.4 Å². The molecule has 0 fully saturated rings. The van der Waals surface area contributed by atoms with Gasteiger partial charge in [0.2, 0.25) is 0 Å². The van der Waals surface area contributed by atoms with E-state index in [-0.39, 0.29) is 24.3 Å². The lowest BCUT2D eigenvalue weighted by Gasteiger charge is -2.40. The van der Waals surface area contributed by atoms with Crippen LogP contribution < -0.4 is 10.1 Å². The van der Waals surface area contributed by atoms with Crippen molar-refractivity contribution in [3.8, 4) is 5.75 Å². The summed E-state index contributed by atoms with van der Waals surface area (Å²) in [5.41, 5.74) is 1.67. The molecule has 1 aliphatic heterocycles. The number of thiocarbonyl (C=S) groups is 1. The predicted octanol–water partition coefficient (Wildman–Crippen LogP) is 4.12. The van der Waals surface area contributed by atoms with Crippen molar-refractivity contribution in [1.29, 1.82) is 0 Å². The Bertz CT molecular complexity index is 1100. The van der Waals surface area contributed by atoms with Crippen molar-refractivity contribution >= 4 is 39.5 Å². The lowest BCUT2D eigenvalue weighted by atomic mass is 9.87. The Kier molecular flexibility index (Phi) is 5.52. The average Bonchev–Trinajstić information content (AvgIpc) is 2.77. The number of aliphatic hydroxyl groups excluding tert-OH is 1. The lowest BCUT2D eigenvalue weighted by molar-refractivity contribution is -0.384. The molecule has 30 heavy (non-hydrogen) atoms. The summed E-state index contributed by atoms with van der Waals surface area (Å²) in [7, 11) is 1.88. The second-order valence-corrected chi connectivity index (χ2v) is 7.63. The van der Waals surface area contributed by atoms with E-state index in [2.05, 4.69) is 5.32 Å². The van der Waals surface area contributed by atoms with Crippen molar-refractivity contribution in [3.05, 3.63) is 76.3 Å². The summed E-state index contributed by atoms with van der Waals surface area (Å²) < 4.78 is 5.93. The number of hydrogen-bond donors (Lipinski definition) is 2. The third kappa shape index (κ3) is 3.67. The fourth-order valence-corrected chi connectivity index (χ4v) is 4.13. The quantitative estimate of drug-likeness (QED) is 0.371. The number of aliphatic hydroxyl groups is 1. The van der Waals surface area contributed by atoms with E-state index in [1.807, 2.05) is 48.3 Å². The largest absolute Gasteiger partial charge is 0.493 e. The van der Waals surface area contributed by atoms with Crippen LogP contribution in [0.4, 0.5) is 11.4 Å². The Morgan fingerprint density at radius 2 is 1.97 bits per heavy atom. The second kappa shape index (κ2) is 8.25. The van der Waals surface area contributed by atoms with Gasteiger partial charge in [0.25, 0.3) is 5.69 Å². The van der Waals surface area contributed by atoms with E-state index in [0.717, 1.165) is 22.1 Å².